The molecule has 0 unspecified atom stereocenters. The molecule has 2 fully saturated rings. The van der Waals surface area contributed by atoms with Crippen LogP contribution in [0, 0.1) is 11.8 Å². The molecule has 0 radical (unpaired) electrons. The summed E-state index contributed by atoms with van der Waals surface area (Å²) in [5.41, 5.74) is 0. The molecular weight excluding hydrogens is 188 g/mol. The van der Waals surface area contributed by atoms with E-state index in [1.54, 1.807) is 0 Å². The molecule has 15 heavy (non-hydrogen) atoms. The van der Waals surface area contributed by atoms with Gasteiger partial charge in [0.05, 0.1) is 0 Å². The van der Waals surface area contributed by atoms with Gasteiger partial charge in [0.1, 0.15) is 0 Å². The molecule has 1 heterocycles. The molecule has 86 valence electrons. The van der Waals surface area contributed by atoms with Gasteiger partial charge in [0.15, 0.2) is 0 Å². The summed E-state index contributed by atoms with van der Waals surface area (Å²) in [7, 11) is 0. The summed E-state index contributed by atoms with van der Waals surface area (Å²) in [6, 6.07) is 0. The van der Waals surface area contributed by atoms with Gasteiger partial charge in [0, 0.05) is 19.0 Å². The predicted molar refractivity (Wildman–Crippen MR) is 60.6 cm³/mol. The summed E-state index contributed by atoms with van der Waals surface area (Å²) in [6.07, 6.45) is 4.71. The summed E-state index contributed by atoms with van der Waals surface area (Å²) < 4.78 is 0. The first-order valence-electron chi connectivity index (χ1n) is 6.30. The molecule has 3 nitrogen and oxygen atoms in total. The molecular formula is C12H22N2O. The van der Waals surface area contributed by atoms with E-state index in [-0.39, 0.29) is 0 Å². The fourth-order valence-electron chi connectivity index (χ4n) is 2.31. The SMILES string of the molecule is CCN(CC1CC1)C(=O)C1CCNCC1. The zero-order valence-electron chi connectivity index (χ0n) is 9.67. The molecule has 0 atom stereocenters. The van der Waals surface area contributed by atoms with Gasteiger partial charge in [0.2, 0.25) is 5.91 Å². The maximum Gasteiger partial charge on any atom is 0.225 e. The van der Waals surface area contributed by atoms with E-state index >= 15 is 0 Å². The Kier molecular flexibility index (Phi) is 3.62. The Morgan fingerprint density at radius 3 is 2.47 bits per heavy atom. The third-order valence-corrected chi connectivity index (χ3v) is 3.56. The van der Waals surface area contributed by atoms with Gasteiger partial charge >= 0.3 is 0 Å². The molecule has 3 heteroatoms. The molecule has 1 amide bonds. The minimum Gasteiger partial charge on any atom is -0.342 e. The van der Waals surface area contributed by atoms with Crippen LogP contribution in [-0.2, 0) is 4.79 Å². The number of hydrogen-bond donors (Lipinski definition) is 1. The molecule has 0 spiro atoms. The summed E-state index contributed by atoms with van der Waals surface area (Å²) in [4.78, 5) is 14.3. The monoisotopic (exact) mass is 210 g/mol. The van der Waals surface area contributed by atoms with Crippen LogP contribution in [0.2, 0.25) is 0 Å². The van der Waals surface area contributed by atoms with Crippen LogP contribution in [0.4, 0.5) is 0 Å². The highest BCUT2D eigenvalue weighted by Gasteiger charge is 2.29. The molecule has 1 N–H and O–H groups in total. The molecule has 2 rings (SSSR count). The van der Waals surface area contributed by atoms with Crippen LogP contribution in [0.15, 0.2) is 0 Å². The van der Waals surface area contributed by atoms with Crippen molar-refractivity contribution in [2.75, 3.05) is 26.2 Å². The maximum absolute atomic E-state index is 12.2. The standard InChI is InChI=1S/C12H22N2O/c1-2-14(9-10-3-4-10)12(15)11-5-7-13-8-6-11/h10-11,13H,2-9H2,1H3. The van der Waals surface area contributed by atoms with Crippen molar-refractivity contribution in [1.29, 1.82) is 0 Å². The summed E-state index contributed by atoms with van der Waals surface area (Å²) >= 11 is 0. The maximum atomic E-state index is 12.2. The average molecular weight is 210 g/mol. The van der Waals surface area contributed by atoms with Gasteiger partial charge < -0.3 is 10.2 Å². The van der Waals surface area contributed by atoms with Gasteiger partial charge in [-0.1, -0.05) is 0 Å². The van der Waals surface area contributed by atoms with Gasteiger partial charge in [0.25, 0.3) is 0 Å². The Balaban J connectivity index is 1.84. The Bertz CT molecular complexity index is 220. The fourth-order valence-corrected chi connectivity index (χ4v) is 2.31. The molecule has 0 bridgehead atoms. The molecule has 1 saturated heterocycles. The van der Waals surface area contributed by atoms with Gasteiger partial charge in [-0.25, -0.2) is 0 Å². The average Bonchev–Trinajstić information content (AvgIpc) is 3.10. The molecule has 0 aromatic heterocycles. The molecule has 1 saturated carbocycles. The fraction of sp³-hybridized carbons (Fsp3) is 0.917. The lowest BCUT2D eigenvalue weighted by atomic mass is 9.96. The molecule has 2 aliphatic rings. The zero-order valence-corrected chi connectivity index (χ0v) is 9.67. The van der Waals surface area contributed by atoms with Gasteiger partial charge in [-0.15, -0.1) is 0 Å². The van der Waals surface area contributed by atoms with E-state index in [0.717, 1.165) is 44.9 Å². The third-order valence-electron chi connectivity index (χ3n) is 3.56. The van der Waals surface area contributed by atoms with E-state index in [1.165, 1.54) is 12.8 Å². The highest BCUT2D eigenvalue weighted by Crippen LogP contribution is 2.30. The lowest BCUT2D eigenvalue weighted by Crippen LogP contribution is -2.41. The van der Waals surface area contributed by atoms with Crippen molar-refractivity contribution < 1.29 is 4.79 Å². The normalized spacial score (nSPS) is 22.7. The van der Waals surface area contributed by atoms with Crippen molar-refractivity contribution in [2.45, 2.75) is 32.6 Å². The number of carbonyl (C=O) groups excluding carboxylic acids is 1. The Labute approximate surface area is 92.2 Å². The first-order valence-corrected chi connectivity index (χ1v) is 6.30. The zero-order chi connectivity index (χ0) is 10.7. The van der Waals surface area contributed by atoms with E-state index in [2.05, 4.69) is 17.1 Å². The number of rotatable bonds is 4. The van der Waals surface area contributed by atoms with Crippen molar-refractivity contribution in [3.63, 3.8) is 0 Å². The van der Waals surface area contributed by atoms with E-state index < -0.39 is 0 Å². The summed E-state index contributed by atoms with van der Waals surface area (Å²) in [5.74, 6) is 1.52. The van der Waals surface area contributed by atoms with Crippen molar-refractivity contribution in [3.05, 3.63) is 0 Å². The second-order valence-corrected chi connectivity index (χ2v) is 4.84. The second kappa shape index (κ2) is 4.97. The quantitative estimate of drug-likeness (QED) is 0.757. The van der Waals surface area contributed by atoms with Crippen LogP contribution >= 0.6 is 0 Å². The largest absolute Gasteiger partial charge is 0.342 e. The molecule has 1 aliphatic carbocycles. The Hall–Kier alpha value is -0.570. The van der Waals surface area contributed by atoms with Crippen molar-refractivity contribution >= 4 is 5.91 Å². The van der Waals surface area contributed by atoms with Gasteiger partial charge in [-0.05, 0) is 51.6 Å². The topological polar surface area (TPSA) is 32.3 Å². The van der Waals surface area contributed by atoms with Gasteiger partial charge in [-0.3, -0.25) is 4.79 Å². The minimum atomic E-state index is 0.296. The smallest absolute Gasteiger partial charge is 0.225 e. The van der Waals surface area contributed by atoms with Crippen molar-refractivity contribution in [1.82, 2.24) is 10.2 Å². The number of carbonyl (C=O) groups is 1. The highest BCUT2D eigenvalue weighted by atomic mass is 16.2. The van der Waals surface area contributed by atoms with Crippen LogP contribution < -0.4 is 5.32 Å². The molecule has 0 aromatic rings. The van der Waals surface area contributed by atoms with Crippen LogP contribution in [-0.4, -0.2) is 37.0 Å². The van der Waals surface area contributed by atoms with E-state index in [0.29, 0.717) is 11.8 Å². The number of hydrogen-bond acceptors (Lipinski definition) is 2. The second-order valence-electron chi connectivity index (χ2n) is 4.84. The Morgan fingerprint density at radius 1 is 1.27 bits per heavy atom. The van der Waals surface area contributed by atoms with E-state index in [9.17, 15) is 4.79 Å². The lowest BCUT2D eigenvalue weighted by molar-refractivity contribution is -0.136. The number of nitrogens with zero attached hydrogens (tertiary/aromatic N) is 1. The van der Waals surface area contributed by atoms with Crippen LogP contribution in [0.5, 0.6) is 0 Å². The minimum absolute atomic E-state index is 0.296. The van der Waals surface area contributed by atoms with Gasteiger partial charge in [-0.2, -0.15) is 0 Å². The van der Waals surface area contributed by atoms with Crippen molar-refractivity contribution in [2.24, 2.45) is 11.8 Å². The Morgan fingerprint density at radius 2 is 1.93 bits per heavy atom. The van der Waals surface area contributed by atoms with Crippen LogP contribution in [0.3, 0.4) is 0 Å². The molecule has 1 aliphatic heterocycles. The van der Waals surface area contributed by atoms with Crippen molar-refractivity contribution in [3.8, 4) is 0 Å². The van der Waals surface area contributed by atoms with E-state index in [1.807, 2.05) is 0 Å². The number of piperidine rings is 1. The number of amides is 1. The third kappa shape index (κ3) is 2.94. The number of nitrogens with one attached hydrogen (secondary N) is 1. The van der Waals surface area contributed by atoms with E-state index in [4.69, 9.17) is 0 Å². The first kappa shape index (κ1) is 10.9. The molecule has 0 aromatic carbocycles. The summed E-state index contributed by atoms with van der Waals surface area (Å²) in [5, 5.41) is 3.31. The summed E-state index contributed by atoms with van der Waals surface area (Å²) in [6.45, 7) is 6.02. The van der Waals surface area contributed by atoms with Crippen LogP contribution in [0.25, 0.3) is 0 Å². The first-order chi connectivity index (χ1) is 7.31. The lowest BCUT2D eigenvalue weighted by Gasteiger charge is -2.28. The van der Waals surface area contributed by atoms with Crippen LogP contribution in [0.1, 0.15) is 32.6 Å². The highest BCUT2D eigenvalue weighted by molar-refractivity contribution is 5.79. The predicted octanol–water partition coefficient (Wildman–Crippen LogP) is 1.24.